The van der Waals surface area contributed by atoms with Gasteiger partial charge in [0, 0.05) is 19.8 Å². The number of hydrogen-bond acceptors (Lipinski definition) is 8. The molecule has 0 spiro atoms. The molecule has 11 nitrogen and oxygen atoms in total. The monoisotopic (exact) mass is 677 g/mol. The van der Waals surface area contributed by atoms with Gasteiger partial charge in [0.05, 0.1) is 35.3 Å². The molecule has 1 saturated carbocycles. The van der Waals surface area contributed by atoms with Gasteiger partial charge in [-0.25, -0.2) is 4.98 Å². The quantitative estimate of drug-likeness (QED) is 0.145. The Morgan fingerprint density at radius 3 is 2.30 bits per heavy atom. The first kappa shape index (κ1) is 34.6. The third-order valence-electron chi connectivity index (χ3n) is 9.50. The Balaban J connectivity index is 1.52. The lowest BCUT2D eigenvalue weighted by Crippen LogP contribution is -2.24. The van der Waals surface area contributed by atoms with Crippen molar-refractivity contribution in [2.24, 2.45) is 0 Å². The van der Waals surface area contributed by atoms with Gasteiger partial charge < -0.3 is 35.2 Å². The molecule has 5 N–H and O–H groups in total. The zero-order valence-electron chi connectivity index (χ0n) is 26.6. The molecule has 254 valence electrons. The maximum atomic E-state index is 14.2. The van der Waals surface area contributed by atoms with E-state index in [0.29, 0.717) is 31.1 Å². The topological polar surface area (TPSA) is 157 Å². The predicted octanol–water partition coefficient (Wildman–Crippen LogP) is 6.79. The number of hydrogen-bond donors (Lipinski definition) is 5. The molecule has 0 bridgehead atoms. The zero-order valence-corrected chi connectivity index (χ0v) is 27.5. The first-order valence-electron chi connectivity index (χ1n) is 15.4. The molecule has 5 rings (SSSR count). The van der Waals surface area contributed by atoms with Gasteiger partial charge in [0.1, 0.15) is 17.1 Å². The second-order valence-electron chi connectivity index (χ2n) is 12.1. The molecule has 3 aromatic rings. The van der Waals surface area contributed by atoms with Crippen molar-refractivity contribution >= 4 is 36.6 Å². The summed E-state index contributed by atoms with van der Waals surface area (Å²) in [6.07, 6.45) is -1.43. The molecule has 0 radical (unpaired) electrons. The molecular weight excluding hydrogens is 638 g/mol. The standard InChI is InChI=1S/C32H39F3N5O6P/c1-5-31(6-2,47(43,44)45)19-9-13-24(26(15-19)46-4)38-30-36-16-23(32(33,34)35)28(39-30)37-25-14-12-21(18-7-10-20(41)11-8-18)22-17-40(3)29(42)27(22)25/h9,12-16,18,20,41H,5-8,10-11,17H2,1-4H3,(H2,43,44,45)(H2,36,37,38,39)/t18-,20+. The fourth-order valence-electron chi connectivity index (χ4n) is 6.77. The summed E-state index contributed by atoms with van der Waals surface area (Å²) in [6.45, 7) is 3.68. The fourth-order valence-corrected chi connectivity index (χ4v) is 8.07. The molecule has 2 aliphatic rings. The number of aromatic nitrogens is 2. The lowest BCUT2D eigenvalue weighted by Gasteiger charge is -2.33. The smallest absolute Gasteiger partial charge is 0.421 e. The number of benzene rings is 2. The molecule has 2 aromatic carbocycles. The summed E-state index contributed by atoms with van der Waals surface area (Å²) in [5.41, 5.74) is 1.65. The highest BCUT2D eigenvalue weighted by molar-refractivity contribution is 7.53. The van der Waals surface area contributed by atoms with Crippen molar-refractivity contribution in [3.8, 4) is 5.75 Å². The average molecular weight is 678 g/mol. The van der Waals surface area contributed by atoms with Crippen LogP contribution < -0.4 is 15.4 Å². The Morgan fingerprint density at radius 2 is 1.70 bits per heavy atom. The fraction of sp³-hybridized carbons (Fsp3) is 0.469. The number of alkyl halides is 3. The molecule has 0 atom stereocenters. The predicted molar refractivity (Wildman–Crippen MR) is 170 cm³/mol. The van der Waals surface area contributed by atoms with Gasteiger partial charge in [-0.2, -0.15) is 18.2 Å². The van der Waals surface area contributed by atoms with E-state index < -0.39 is 30.3 Å². The summed E-state index contributed by atoms with van der Waals surface area (Å²) >= 11 is 0. The number of carbonyl (C=O) groups excluding carboxylic acids is 1. The lowest BCUT2D eigenvalue weighted by molar-refractivity contribution is -0.137. The molecule has 15 heteroatoms. The van der Waals surface area contributed by atoms with Crippen LogP contribution in [0, 0.1) is 0 Å². The number of nitrogens with zero attached hydrogens (tertiary/aromatic N) is 3. The van der Waals surface area contributed by atoms with Crippen molar-refractivity contribution in [1.29, 1.82) is 0 Å². The van der Waals surface area contributed by atoms with Gasteiger partial charge in [-0.1, -0.05) is 26.0 Å². The summed E-state index contributed by atoms with van der Waals surface area (Å²) in [5.74, 6) is -0.796. The Morgan fingerprint density at radius 1 is 1.04 bits per heavy atom. The number of rotatable bonds is 10. The minimum absolute atomic E-state index is 0.129. The number of ether oxygens (including phenoxy) is 1. The lowest BCUT2D eigenvalue weighted by atomic mass is 9.80. The van der Waals surface area contributed by atoms with Gasteiger partial charge in [-0.3, -0.25) is 9.36 Å². The summed E-state index contributed by atoms with van der Waals surface area (Å²) in [5, 5.41) is 14.2. The van der Waals surface area contributed by atoms with Gasteiger partial charge in [-0.05, 0) is 79.3 Å². The van der Waals surface area contributed by atoms with E-state index in [4.69, 9.17) is 4.74 Å². The van der Waals surface area contributed by atoms with Crippen molar-refractivity contribution in [1.82, 2.24) is 14.9 Å². The highest BCUT2D eigenvalue weighted by Crippen LogP contribution is 2.61. The molecule has 2 heterocycles. The van der Waals surface area contributed by atoms with Gasteiger partial charge in [0.15, 0.2) is 0 Å². The Labute approximate surface area is 270 Å². The van der Waals surface area contributed by atoms with Crippen molar-refractivity contribution < 1.29 is 42.2 Å². The zero-order chi connectivity index (χ0) is 34.3. The number of halogens is 3. The van der Waals surface area contributed by atoms with Crippen LogP contribution in [-0.2, 0) is 22.4 Å². The highest BCUT2D eigenvalue weighted by Gasteiger charge is 2.45. The number of fused-ring (bicyclic) bond motifs is 1. The van der Waals surface area contributed by atoms with Crippen LogP contribution >= 0.6 is 7.60 Å². The highest BCUT2D eigenvalue weighted by atomic mass is 31.2. The van der Waals surface area contributed by atoms with E-state index in [2.05, 4.69) is 20.6 Å². The van der Waals surface area contributed by atoms with Gasteiger partial charge >= 0.3 is 13.8 Å². The van der Waals surface area contributed by atoms with E-state index in [1.807, 2.05) is 6.07 Å². The Hall–Kier alpha value is -3.71. The van der Waals surface area contributed by atoms with Crippen molar-refractivity contribution in [3.63, 3.8) is 0 Å². The second-order valence-corrected chi connectivity index (χ2v) is 14.1. The van der Waals surface area contributed by atoms with Crippen LogP contribution in [0.5, 0.6) is 5.75 Å². The van der Waals surface area contributed by atoms with Crippen LogP contribution in [-0.4, -0.2) is 55.9 Å². The number of aliphatic hydroxyl groups is 1. The third-order valence-corrected chi connectivity index (χ3v) is 11.5. The van der Waals surface area contributed by atoms with Gasteiger partial charge in [0.25, 0.3) is 5.91 Å². The first-order chi connectivity index (χ1) is 22.1. The summed E-state index contributed by atoms with van der Waals surface area (Å²) in [7, 11) is -1.59. The van der Waals surface area contributed by atoms with Crippen molar-refractivity contribution in [2.45, 2.75) is 82.3 Å². The molecule has 1 aliphatic heterocycles. The number of methoxy groups -OCH3 is 1. The summed E-state index contributed by atoms with van der Waals surface area (Å²) in [4.78, 5) is 43.2. The SMILES string of the molecule is CCC(CC)(c1ccc(Nc2ncc(C(F)(F)F)c(Nc3ccc([C@H]4CC[C@@H](O)CC4)c4c3C(=O)N(C)C4)n2)c(OC)c1)P(=O)(O)O. The number of aliphatic hydroxyl groups excluding tert-OH is 1. The molecule has 1 aromatic heterocycles. The van der Waals surface area contributed by atoms with Crippen molar-refractivity contribution in [3.05, 3.63) is 64.3 Å². The number of anilines is 4. The van der Waals surface area contributed by atoms with Gasteiger partial charge in [0.2, 0.25) is 5.95 Å². The van der Waals surface area contributed by atoms with Crippen LogP contribution in [0.25, 0.3) is 0 Å². The maximum Gasteiger partial charge on any atom is 0.421 e. The molecule has 0 unspecified atom stereocenters. The third kappa shape index (κ3) is 6.56. The molecular formula is C32H39F3N5O6P. The summed E-state index contributed by atoms with van der Waals surface area (Å²) in [6, 6.07) is 7.95. The van der Waals surface area contributed by atoms with E-state index in [0.717, 1.165) is 24.0 Å². The largest absolute Gasteiger partial charge is 0.495 e. The van der Waals surface area contributed by atoms with E-state index in [1.54, 1.807) is 27.0 Å². The van der Waals surface area contributed by atoms with E-state index in [-0.39, 0.29) is 59.4 Å². The van der Waals surface area contributed by atoms with E-state index in [1.165, 1.54) is 30.2 Å². The van der Waals surface area contributed by atoms with Crippen LogP contribution in [0.2, 0.25) is 0 Å². The molecule has 0 saturated heterocycles. The van der Waals surface area contributed by atoms with E-state index >= 15 is 0 Å². The van der Waals surface area contributed by atoms with Crippen LogP contribution in [0.3, 0.4) is 0 Å². The Kier molecular flexibility index (Phi) is 9.62. The number of nitrogens with one attached hydrogen (secondary N) is 2. The number of amides is 1. The molecule has 1 aliphatic carbocycles. The van der Waals surface area contributed by atoms with E-state index in [9.17, 15) is 37.4 Å². The summed E-state index contributed by atoms with van der Waals surface area (Å²) < 4.78 is 60.5. The molecule has 1 amide bonds. The van der Waals surface area contributed by atoms with Crippen LogP contribution in [0.1, 0.15) is 90.9 Å². The normalized spacial score (nSPS) is 18.7. The Bertz CT molecular complexity index is 1700. The van der Waals surface area contributed by atoms with Crippen molar-refractivity contribution in [2.75, 3.05) is 24.8 Å². The maximum absolute atomic E-state index is 14.2. The average Bonchev–Trinajstić information content (AvgIpc) is 3.32. The molecule has 1 fully saturated rings. The second kappa shape index (κ2) is 13.1. The van der Waals surface area contributed by atoms with Gasteiger partial charge in [-0.15, -0.1) is 0 Å². The first-order valence-corrected chi connectivity index (χ1v) is 17.1. The van der Waals surface area contributed by atoms with Crippen LogP contribution in [0.4, 0.5) is 36.3 Å². The minimum Gasteiger partial charge on any atom is -0.495 e. The molecule has 47 heavy (non-hydrogen) atoms. The minimum atomic E-state index is -4.82. The van der Waals surface area contributed by atoms with Crippen LogP contribution in [0.15, 0.2) is 36.5 Å². The number of carbonyl (C=O) groups is 1.